The molecule has 8 aromatic carbocycles. The van der Waals surface area contributed by atoms with Crippen LogP contribution in [0.4, 0.5) is 27.8 Å². The second kappa shape index (κ2) is 14.4. The van der Waals surface area contributed by atoms with Crippen molar-refractivity contribution < 1.29 is 0 Å². The van der Waals surface area contributed by atoms with Crippen LogP contribution < -0.4 is 20.6 Å². The van der Waals surface area contributed by atoms with Gasteiger partial charge in [0, 0.05) is 38.0 Å². The Morgan fingerprint density at radius 1 is 0.493 bits per heavy atom. The van der Waals surface area contributed by atoms with E-state index < -0.39 is 0 Å². The lowest BCUT2D eigenvalue weighted by Crippen LogP contribution is -2.61. The first-order valence-electron chi connectivity index (χ1n) is 26.3. The Bertz CT molecular complexity index is 3760. The molecule has 0 fully saturated rings. The normalized spacial score (nSPS) is 19.5. The van der Waals surface area contributed by atoms with Crippen LogP contribution in [0.15, 0.2) is 152 Å². The summed E-state index contributed by atoms with van der Waals surface area (Å²) in [7, 11) is 0. The second-order valence-electron chi connectivity index (χ2n) is 25.1. The summed E-state index contributed by atoms with van der Waals surface area (Å²) in [6, 6.07) is 59.6. The van der Waals surface area contributed by atoms with E-state index in [4.69, 9.17) is 0 Å². The van der Waals surface area contributed by atoms with Crippen LogP contribution in [0.1, 0.15) is 128 Å². The lowest BCUT2D eigenvalue weighted by atomic mass is 9.43. The van der Waals surface area contributed by atoms with Crippen LogP contribution >= 0.6 is 11.3 Å². The number of anilines is 5. The molecule has 1 aromatic heterocycles. The summed E-state index contributed by atoms with van der Waals surface area (Å²) < 4.78 is 1.39. The molecular weight excluding hydrogens is 876 g/mol. The Hall–Kier alpha value is -6.36. The molecule has 4 bridgehead atoms. The number of nitrogens with zero attached hydrogens (tertiary/aromatic N) is 2. The van der Waals surface area contributed by atoms with Gasteiger partial charge in [0.2, 0.25) is 0 Å². The first-order valence-corrected chi connectivity index (χ1v) is 27.1. The van der Waals surface area contributed by atoms with E-state index in [0.717, 1.165) is 12.8 Å². The van der Waals surface area contributed by atoms with Crippen molar-refractivity contribution in [3.05, 3.63) is 185 Å². The Morgan fingerprint density at radius 2 is 1.17 bits per heavy atom. The van der Waals surface area contributed by atoms with Crippen LogP contribution in [0, 0.1) is 0 Å². The van der Waals surface area contributed by atoms with Crippen molar-refractivity contribution in [3.8, 4) is 33.4 Å². The maximum absolute atomic E-state index is 2.85. The number of hydrogen-bond donors (Lipinski definition) is 0. The predicted molar refractivity (Wildman–Crippen MR) is 307 cm³/mol. The number of rotatable bonds is 3. The van der Waals surface area contributed by atoms with Gasteiger partial charge in [0.25, 0.3) is 0 Å². The highest BCUT2D eigenvalue weighted by Gasteiger charge is 2.52. The van der Waals surface area contributed by atoms with Crippen LogP contribution in [0.5, 0.6) is 0 Å². The zero-order valence-corrected chi connectivity index (χ0v) is 44.0. The van der Waals surface area contributed by atoms with E-state index in [0.29, 0.717) is 0 Å². The van der Waals surface area contributed by atoms with Crippen LogP contribution in [0.25, 0.3) is 54.2 Å². The van der Waals surface area contributed by atoms with E-state index >= 15 is 0 Å². The molecule has 0 amide bonds. The first-order chi connectivity index (χ1) is 33.9. The molecule has 0 radical (unpaired) electrons. The van der Waals surface area contributed by atoms with Gasteiger partial charge in [-0.2, -0.15) is 0 Å². The Kier molecular flexibility index (Phi) is 8.82. The minimum Gasteiger partial charge on any atom is -0.376 e. The fourth-order valence-corrected chi connectivity index (χ4v) is 15.4. The van der Waals surface area contributed by atoms with Gasteiger partial charge in [-0.25, -0.2) is 0 Å². The molecule has 1 unspecified atom stereocenters. The summed E-state index contributed by atoms with van der Waals surface area (Å²) in [6.45, 7) is 24.8. The molecule has 2 nitrogen and oxygen atoms in total. The number of benzene rings is 8. The molecule has 4 heteroatoms. The van der Waals surface area contributed by atoms with Gasteiger partial charge in [-0.3, -0.25) is 0 Å². The van der Waals surface area contributed by atoms with Gasteiger partial charge in [0.1, 0.15) is 0 Å². The van der Waals surface area contributed by atoms with Crippen LogP contribution in [0.3, 0.4) is 0 Å². The summed E-state index contributed by atoms with van der Waals surface area (Å²) in [4.78, 5) is 5.59. The van der Waals surface area contributed by atoms with Gasteiger partial charge >= 0.3 is 6.85 Å². The molecule has 350 valence electrons. The zero-order valence-electron chi connectivity index (χ0n) is 43.1. The number of thiophene rings is 1. The van der Waals surface area contributed by atoms with Crippen molar-refractivity contribution in [2.45, 2.75) is 122 Å². The van der Waals surface area contributed by atoms with Crippen LogP contribution in [-0.2, 0) is 27.1 Å². The summed E-state index contributed by atoms with van der Waals surface area (Å²) in [5.41, 5.74) is 24.5. The minimum atomic E-state index is -0.188. The minimum absolute atomic E-state index is 0.00963. The molecule has 9 aromatic rings. The van der Waals surface area contributed by atoms with E-state index in [1.54, 1.807) is 11.1 Å². The fraction of sp³-hybridized carbons (Fsp3) is 0.284. The van der Waals surface area contributed by atoms with Crippen molar-refractivity contribution in [3.63, 3.8) is 0 Å². The highest BCUT2D eigenvalue weighted by molar-refractivity contribution is 7.26. The van der Waals surface area contributed by atoms with Crippen molar-refractivity contribution >= 4 is 77.7 Å². The molecule has 0 saturated carbocycles. The lowest BCUT2D eigenvalue weighted by molar-refractivity contribution is 0.312. The molecule has 5 aliphatic rings. The van der Waals surface area contributed by atoms with Crippen molar-refractivity contribution in [1.82, 2.24) is 0 Å². The highest BCUT2D eigenvalue weighted by Crippen LogP contribution is 2.60. The molecule has 0 spiro atoms. The Labute approximate surface area is 425 Å². The van der Waals surface area contributed by atoms with Gasteiger partial charge in [0.05, 0.1) is 16.4 Å². The molecule has 0 N–H and O–H groups in total. The Balaban J connectivity index is 1.20. The SMILES string of the molecule is CC(C)(C)c1ccc(N2c3sc4cc5c6cc4c3B3c4c(cc7ccccc7c42)-c2ccc(-c4ccccc4)cc2N3c2cc3c(c(c2)C6(C)CCC5(C)C)C(C)(C)CCC3(C)C)c(-c2ccccc2)c1. The summed E-state index contributed by atoms with van der Waals surface area (Å²) >= 11 is 2.02. The van der Waals surface area contributed by atoms with Gasteiger partial charge in [-0.1, -0.05) is 172 Å². The second-order valence-corrected chi connectivity index (χ2v) is 26.1. The monoisotopic (exact) mass is 938 g/mol. The summed E-state index contributed by atoms with van der Waals surface area (Å²) in [6.07, 6.45) is 4.60. The highest BCUT2D eigenvalue weighted by atomic mass is 32.1. The first kappa shape index (κ1) is 43.4. The molecule has 1 atom stereocenters. The summed E-state index contributed by atoms with van der Waals surface area (Å²) in [5.74, 6) is 0. The van der Waals surface area contributed by atoms with E-state index in [1.165, 1.54) is 128 Å². The maximum Gasteiger partial charge on any atom is 0.334 e. The zero-order chi connectivity index (χ0) is 48.7. The number of hydrogen-bond acceptors (Lipinski definition) is 3. The molecule has 3 aliphatic heterocycles. The van der Waals surface area contributed by atoms with Crippen molar-refractivity contribution in [1.29, 1.82) is 0 Å². The van der Waals surface area contributed by atoms with E-state index in [-0.39, 0.29) is 33.9 Å². The molecule has 2 aliphatic carbocycles. The van der Waals surface area contributed by atoms with Crippen molar-refractivity contribution in [2.75, 3.05) is 9.71 Å². The molecule has 0 saturated heterocycles. The maximum atomic E-state index is 2.85. The number of fused-ring (bicyclic) bond motifs is 11. The smallest absolute Gasteiger partial charge is 0.334 e. The van der Waals surface area contributed by atoms with Gasteiger partial charge in [-0.15, -0.1) is 11.3 Å². The standard InChI is InChI=1S/C67H63BN2S/c1-63(2,3)44-26-28-55(48(35-44)41-21-15-12-16-22-41)69-61-46-24-18-17-23-43(46)33-49-47-27-25-42(40-19-13-11-14-20-40)34-56(47)70-45-36-53-58(66(8,9)30-29-65(53,6)7)54(37-45)67(10)32-31-64(4,5)51-39-57-50(38-52(51)67)60(62(69)71-57)68(70)59(49)61/h11-28,33-39H,29-32H2,1-10H3. The quantitative estimate of drug-likeness (QED) is 0.163. The molecule has 14 rings (SSSR count). The summed E-state index contributed by atoms with van der Waals surface area (Å²) in [5, 5.41) is 5.29. The van der Waals surface area contributed by atoms with E-state index in [9.17, 15) is 0 Å². The molecule has 71 heavy (non-hydrogen) atoms. The largest absolute Gasteiger partial charge is 0.376 e. The molecular formula is C67H63BN2S. The molecule has 4 heterocycles. The van der Waals surface area contributed by atoms with E-state index in [2.05, 4.69) is 231 Å². The van der Waals surface area contributed by atoms with Crippen molar-refractivity contribution in [2.24, 2.45) is 0 Å². The topological polar surface area (TPSA) is 6.48 Å². The third kappa shape index (κ3) is 6.01. The van der Waals surface area contributed by atoms with Gasteiger partial charge < -0.3 is 9.71 Å². The van der Waals surface area contributed by atoms with Gasteiger partial charge in [0.15, 0.2) is 0 Å². The van der Waals surface area contributed by atoms with Gasteiger partial charge in [-0.05, 0) is 173 Å². The van der Waals surface area contributed by atoms with Crippen LogP contribution in [-0.4, -0.2) is 6.85 Å². The van der Waals surface area contributed by atoms with E-state index in [1.807, 2.05) is 11.3 Å². The fourth-order valence-electron chi connectivity index (χ4n) is 14.1. The Morgan fingerprint density at radius 3 is 1.93 bits per heavy atom. The van der Waals surface area contributed by atoms with Crippen LogP contribution in [0.2, 0.25) is 0 Å². The third-order valence-corrected chi connectivity index (χ3v) is 19.5. The average molecular weight is 939 g/mol. The lowest BCUT2D eigenvalue weighted by Gasteiger charge is -2.51. The third-order valence-electron chi connectivity index (χ3n) is 18.3. The average Bonchev–Trinajstić information content (AvgIpc) is 3.75. The predicted octanol–water partition coefficient (Wildman–Crippen LogP) is 17.4.